The van der Waals surface area contributed by atoms with E-state index in [9.17, 15) is 14.7 Å². The van der Waals surface area contributed by atoms with E-state index in [1.807, 2.05) is 19.1 Å². The summed E-state index contributed by atoms with van der Waals surface area (Å²) in [4.78, 5) is 23.4. The maximum atomic E-state index is 12.2. The van der Waals surface area contributed by atoms with Crippen LogP contribution < -0.4 is 5.43 Å². The number of carboxylic acid groups (broad SMARTS) is 1. The third-order valence-electron chi connectivity index (χ3n) is 3.16. The summed E-state index contributed by atoms with van der Waals surface area (Å²) in [5.74, 6) is -1.23. The van der Waals surface area contributed by atoms with E-state index in [-0.39, 0.29) is 11.6 Å². The second kappa shape index (κ2) is 5.74. The van der Waals surface area contributed by atoms with E-state index in [1.54, 1.807) is 10.6 Å². The standard InChI is InChI=1S/C14H13IN2O3/c1-8(4-5-16)17-7-11(14(19)20)13(18)10-6-9(15)2-3-12(10)17/h2-3,5-8,16H,4H2,1H3,(H,19,20)/t8-/m1/s1. The molecule has 0 spiro atoms. The van der Waals surface area contributed by atoms with Crippen molar-refractivity contribution < 1.29 is 9.90 Å². The van der Waals surface area contributed by atoms with E-state index in [0.29, 0.717) is 17.3 Å². The molecule has 2 N–H and O–H groups in total. The Hall–Kier alpha value is -1.70. The molecule has 5 nitrogen and oxygen atoms in total. The van der Waals surface area contributed by atoms with Crippen LogP contribution in [0, 0.1) is 8.98 Å². The van der Waals surface area contributed by atoms with Crippen LogP contribution in [0.1, 0.15) is 29.7 Å². The first-order valence-electron chi connectivity index (χ1n) is 6.02. The molecule has 0 unspecified atom stereocenters. The van der Waals surface area contributed by atoms with Crippen LogP contribution in [0.5, 0.6) is 0 Å². The number of carbonyl (C=O) groups is 1. The Morgan fingerprint density at radius 3 is 2.85 bits per heavy atom. The van der Waals surface area contributed by atoms with Gasteiger partial charge in [0.1, 0.15) is 5.56 Å². The van der Waals surface area contributed by atoms with E-state index in [4.69, 9.17) is 5.41 Å². The van der Waals surface area contributed by atoms with Crippen LogP contribution >= 0.6 is 22.6 Å². The topological polar surface area (TPSA) is 83.2 Å². The monoisotopic (exact) mass is 384 g/mol. The van der Waals surface area contributed by atoms with Crippen molar-refractivity contribution in [2.45, 2.75) is 19.4 Å². The molecule has 1 heterocycles. The Balaban J connectivity index is 2.86. The summed E-state index contributed by atoms with van der Waals surface area (Å²) in [7, 11) is 0. The highest BCUT2D eigenvalue weighted by atomic mass is 127. The molecule has 0 aliphatic carbocycles. The number of hydrogen-bond acceptors (Lipinski definition) is 3. The molecule has 0 aliphatic rings. The SMILES string of the molecule is C[C@H](CC=N)n1cc(C(=O)O)c(=O)c2cc(I)ccc21. The van der Waals surface area contributed by atoms with E-state index in [1.165, 1.54) is 12.4 Å². The number of aromatic carboxylic acids is 1. The highest BCUT2D eigenvalue weighted by Gasteiger charge is 2.16. The van der Waals surface area contributed by atoms with Gasteiger partial charge in [-0.3, -0.25) is 4.79 Å². The minimum absolute atomic E-state index is 0.0891. The van der Waals surface area contributed by atoms with Gasteiger partial charge in [-0.05, 0) is 53.9 Å². The summed E-state index contributed by atoms with van der Waals surface area (Å²) in [6.45, 7) is 1.89. The van der Waals surface area contributed by atoms with Gasteiger partial charge in [0.25, 0.3) is 0 Å². The van der Waals surface area contributed by atoms with E-state index in [0.717, 1.165) is 3.57 Å². The van der Waals surface area contributed by atoms with E-state index in [2.05, 4.69) is 22.6 Å². The fourth-order valence-corrected chi connectivity index (χ4v) is 2.62. The molecule has 1 atom stereocenters. The molecule has 1 aromatic heterocycles. The Morgan fingerprint density at radius 2 is 2.25 bits per heavy atom. The molecule has 20 heavy (non-hydrogen) atoms. The lowest BCUT2D eigenvalue weighted by atomic mass is 10.1. The van der Waals surface area contributed by atoms with Crippen molar-refractivity contribution in [3.63, 3.8) is 0 Å². The number of benzene rings is 1. The fourth-order valence-electron chi connectivity index (χ4n) is 2.13. The Labute approximate surface area is 128 Å². The number of fused-ring (bicyclic) bond motifs is 1. The van der Waals surface area contributed by atoms with Gasteiger partial charge in [-0.1, -0.05) is 0 Å². The summed E-state index contributed by atoms with van der Waals surface area (Å²) in [6.07, 6.45) is 3.12. The quantitative estimate of drug-likeness (QED) is 0.628. The Kier molecular flexibility index (Phi) is 4.22. The largest absolute Gasteiger partial charge is 0.477 e. The van der Waals surface area contributed by atoms with Crippen molar-refractivity contribution >= 4 is 45.7 Å². The molecule has 0 aliphatic heterocycles. The molecule has 0 bridgehead atoms. The van der Waals surface area contributed by atoms with Crippen LogP contribution in [-0.4, -0.2) is 21.9 Å². The lowest BCUT2D eigenvalue weighted by Crippen LogP contribution is -2.20. The smallest absolute Gasteiger partial charge is 0.341 e. The van der Waals surface area contributed by atoms with Gasteiger partial charge in [-0.25, -0.2) is 4.79 Å². The molecule has 2 rings (SSSR count). The molecule has 0 fully saturated rings. The van der Waals surface area contributed by atoms with Crippen molar-refractivity contribution in [1.82, 2.24) is 4.57 Å². The molecule has 0 radical (unpaired) electrons. The maximum Gasteiger partial charge on any atom is 0.341 e. The highest BCUT2D eigenvalue weighted by Crippen LogP contribution is 2.20. The fraction of sp³-hybridized carbons (Fsp3) is 0.214. The van der Waals surface area contributed by atoms with Gasteiger partial charge in [0, 0.05) is 27.6 Å². The molecular weight excluding hydrogens is 371 g/mol. The maximum absolute atomic E-state index is 12.2. The van der Waals surface area contributed by atoms with Gasteiger partial charge in [0.05, 0.1) is 5.52 Å². The zero-order valence-corrected chi connectivity index (χ0v) is 12.9. The number of halogens is 1. The number of nitrogens with one attached hydrogen (secondary N) is 1. The van der Waals surface area contributed by atoms with Crippen LogP contribution in [0.15, 0.2) is 29.2 Å². The van der Waals surface area contributed by atoms with Crippen molar-refractivity contribution in [3.8, 4) is 0 Å². The van der Waals surface area contributed by atoms with Crippen LogP contribution in [-0.2, 0) is 0 Å². The van der Waals surface area contributed by atoms with Crippen molar-refractivity contribution in [2.24, 2.45) is 0 Å². The second-order valence-electron chi connectivity index (χ2n) is 4.53. The van der Waals surface area contributed by atoms with Crippen molar-refractivity contribution in [2.75, 3.05) is 0 Å². The molecule has 104 valence electrons. The van der Waals surface area contributed by atoms with Gasteiger partial charge in [0.2, 0.25) is 5.43 Å². The first kappa shape index (κ1) is 14.7. The normalized spacial score (nSPS) is 12.3. The predicted molar refractivity (Wildman–Crippen MR) is 86.0 cm³/mol. The minimum Gasteiger partial charge on any atom is -0.477 e. The molecule has 0 amide bonds. The van der Waals surface area contributed by atoms with Crippen molar-refractivity contribution in [1.29, 1.82) is 5.41 Å². The van der Waals surface area contributed by atoms with E-state index >= 15 is 0 Å². The van der Waals surface area contributed by atoms with Gasteiger partial charge in [-0.2, -0.15) is 0 Å². The summed E-state index contributed by atoms with van der Waals surface area (Å²) in [5.41, 5.74) is -0.0181. The summed E-state index contributed by atoms with van der Waals surface area (Å²) in [6, 6.07) is 5.29. The Bertz CT molecular complexity index is 752. The molecule has 1 aromatic carbocycles. The molecule has 0 saturated heterocycles. The van der Waals surface area contributed by atoms with Crippen LogP contribution in [0.4, 0.5) is 0 Å². The summed E-state index contributed by atoms with van der Waals surface area (Å²) in [5, 5.41) is 16.8. The van der Waals surface area contributed by atoms with E-state index < -0.39 is 11.4 Å². The number of pyridine rings is 1. The predicted octanol–water partition coefficient (Wildman–Crippen LogP) is 2.90. The van der Waals surface area contributed by atoms with Gasteiger partial charge >= 0.3 is 5.97 Å². The minimum atomic E-state index is -1.23. The lowest BCUT2D eigenvalue weighted by Gasteiger charge is -2.18. The number of nitrogens with zero attached hydrogens (tertiary/aromatic N) is 1. The number of hydrogen-bond donors (Lipinski definition) is 2. The van der Waals surface area contributed by atoms with Gasteiger partial charge in [0.15, 0.2) is 0 Å². The third kappa shape index (κ3) is 2.60. The number of aromatic nitrogens is 1. The zero-order valence-electron chi connectivity index (χ0n) is 10.8. The van der Waals surface area contributed by atoms with Crippen LogP contribution in [0.3, 0.4) is 0 Å². The Morgan fingerprint density at radius 1 is 1.55 bits per heavy atom. The first-order valence-corrected chi connectivity index (χ1v) is 7.10. The number of carboxylic acids is 1. The van der Waals surface area contributed by atoms with Gasteiger partial charge in [-0.15, -0.1) is 0 Å². The molecular formula is C14H13IN2O3. The molecule has 2 aromatic rings. The van der Waals surface area contributed by atoms with Gasteiger partial charge < -0.3 is 15.1 Å². The average Bonchev–Trinajstić information content (AvgIpc) is 2.39. The van der Waals surface area contributed by atoms with Crippen LogP contribution in [0.25, 0.3) is 10.9 Å². The van der Waals surface area contributed by atoms with Crippen molar-refractivity contribution in [3.05, 3.63) is 43.8 Å². The summed E-state index contributed by atoms with van der Waals surface area (Å²) >= 11 is 2.09. The third-order valence-corrected chi connectivity index (χ3v) is 3.83. The highest BCUT2D eigenvalue weighted by molar-refractivity contribution is 14.1. The number of rotatable bonds is 4. The average molecular weight is 384 g/mol. The van der Waals surface area contributed by atoms with Crippen LogP contribution in [0.2, 0.25) is 0 Å². The molecule has 0 saturated carbocycles. The summed E-state index contributed by atoms with van der Waals surface area (Å²) < 4.78 is 2.63. The second-order valence-corrected chi connectivity index (χ2v) is 5.78. The lowest BCUT2D eigenvalue weighted by molar-refractivity contribution is 0.0694. The molecule has 6 heteroatoms. The first-order chi connectivity index (χ1) is 9.45. The zero-order chi connectivity index (χ0) is 14.9.